The normalized spacial score (nSPS) is 13.6. The summed E-state index contributed by atoms with van der Waals surface area (Å²) < 4.78 is 0. The summed E-state index contributed by atoms with van der Waals surface area (Å²) in [6, 6.07) is 13.3. The third kappa shape index (κ3) is 2.74. The van der Waals surface area contributed by atoms with Crippen LogP contribution in [-0.2, 0) is 6.42 Å². The molecule has 1 aromatic carbocycles. The Morgan fingerprint density at radius 3 is 2.62 bits per heavy atom. The Morgan fingerprint density at radius 2 is 1.81 bits per heavy atom. The third-order valence-electron chi connectivity index (χ3n) is 3.38. The fourth-order valence-corrected chi connectivity index (χ4v) is 2.31. The molecule has 0 saturated heterocycles. The predicted molar refractivity (Wildman–Crippen MR) is 79.1 cm³/mol. The van der Waals surface area contributed by atoms with E-state index in [0.717, 1.165) is 6.42 Å². The van der Waals surface area contributed by atoms with Gasteiger partial charge in [-0.15, -0.1) is 0 Å². The SMILES string of the molecule is O=C1C(NCCc2ccccc2)=CC(=O)c2ncccc21. The minimum absolute atomic E-state index is 0.175. The van der Waals surface area contributed by atoms with Crippen molar-refractivity contribution in [1.29, 1.82) is 0 Å². The second-order valence-electron chi connectivity index (χ2n) is 4.81. The van der Waals surface area contributed by atoms with E-state index in [1.807, 2.05) is 30.3 Å². The van der Waals surface area contributed by atoms with E-state index >= 15 is 0 Å². The van der Waals surface area contributed by atoms with Crippen LogP contribution in [0.25, 0.3) is 0 Å². The van der Waals surface area contributed by atoms with Crippen molar-refractivity contribution in [3.63, 3.8) is 0 Å². The predicted octanol–water partition coefficient (Wildman–Crippen LogP) is 2.18. The number of carbonyl (C=O) groups is 2. The van der Waals surface area contributed by atoms with Crippen LogP contribution >= 0.6 is 0 Å². The number of carbonyl (C=O) groups excluding carboxylic acids is 2. The number of ketones is 2. The Kier molecular flexibility index (Phi) is 3.60. The van der Waals surface area contributed by atoms with Crippen LogP contribution in [0.1, 0.15) is 26.4 Å². The van der Waals surface area contributed by atoms with E-state index in [-0.39, 0.29) is 17.3 Å². The molecule has 0 aliphatic heterocycles. The lowest BCUT2D eigenvalue weighted by Gasteiger charge is -2.15. The highest BCUT2D eigenvalue weighted by molar-refractivity contribution is 6.23. The first-order valence-corrected chi connectivity index (χ1v) is 6.79. The summed E-state index contributed by atoms with van der Waals surface area (Å²) in [5.41, 5.74) is 2.13. The maximum atomic E-state index is 12.3. The first-order chi connectivity index (χ1) is 10.3. The van der Waals surface area contributed by atoms with Crippen LogP contribution in [0.5, 0.6) is 0 Å². The van der Waals surface area contributed by atoms with Crippen molar-refractivity contribution in [1.82, 2.24) is 10.3 Å². The van der Waals surface area contributed by atoms with Gasteiger partial charge in [-0.2, -0.15) is 0 Å². The van der Waals surface area contributed by atoms with Crippen molar-refractivity contribution in [2.45, 2.75) is 6.42 Å². The molecule has 1 aliphatic carbocycles. The van der Waals surface area contributed by atoms with E-state index in [1.54, 1.807) is 12.1 Å². The smallest absolute Gasteiger partial charge is 0.211 e. The number of benzene rings is 1. The molecule has 1 N–H and O–H groups in total. The van der Waals surface area contributed by atoms with E-state index in [9.17, 15) is 9.59 Å². The zero-order valence-corrected chi connectivity index (χ0v) is 11.4. The van der Waals surface area contributed by atoms with Gasteiger partial charge in [0.25, 0.3) is 0 Å². The number of rotatable bonds is 4. The fourth-order valence-electron chi connectivity index (χ4n) is 2.31. The number of Topliss-reactive ketones (excluding diaryl/α,β-unsaturated/α-hetero) is 1. The summed E-state index contributed by atoms with van der Waals surface area (Å²) in [6.45, 7) is 0.602. The average Bonchev–Trinajstić information content (AvgIpc) is 2.53. The van der Waals surface area contributed by atoms with Crippen LogP contribution in [0.15, 0.2) is 60.4 Å². The van der Waals surface area contributed by atoms with Crippen LogP contribution in [0.4, 0.5) is 0 Å². The zero-order valence-electron chi connectivity index (χ0n) is 11.4. The van der Waals surface area contributed by atoms with Gasteiger partial charge in [0, 0.05) is 18.8 Å². The van der Waals surface area contributed by atoms with Crippen molar-refractivity contribution in [3.05, 3.63) is 77.3 Å². The lowest BCUT2D eigenvalue weighted by molar-refractivity contribution is 0.0975. The Bertz CT molecular complexity index is 721. The van der Waals surface area contributed by atoms with Gasteiger partial charge >= 0.3 is 0 Å². The molecular weight excluding hydrogens is 264 g/mol. The molecule has 0 amide bonds. The second-order valence-corrected chi connectivity index (χ2v) is 4.81. The molecule has 3 rings (SSSR count). The summed E-state index contributed by atoms with van der Waals surface area (Å²) in [5.74, 6) is -0.404. The number of nitrogens with one attached hydrogen (secondary N) is 1. The van der Waals surface area contributed by atoms with Gasteiger partial charge in [-0.3, -0.25) is 14.6 Å². The van der Waals surface area contributed by atoms with E-state index in [0.29, 0.717) is 17.8 Å². The minimum Gasteiger partial charge on any atom is -0.381 e. The molecule has 0 bridgehead atoms. The van der Waals surface area contributed by atoms with Crippen molar-refractivity contribution in [2.75, 3.05) is 6.54 Å². The highest BCUT2D eigenvalue weighted by Crippen LogP contribution is 2.17. The number of fused-ring (bicyclic) bond motifs is 1. The van der Waals surface area contributed by atoms with Gasteiger partial charge in [-0.05, 0) is 24.1 Å². The summed E-state index contributed by atoms with van der Waals surface area (Å²) in [7, 11) is 0. The van der Waals surface area contributed by atoms with Gasteiger partial charge in [-0.1, -0.05) is 30.3 Å². The third-order valence-corrected chi connectivity index (χ3v) is 3.38. The average molecular weight is 278 g/mol. The molecule has 104 valence electrons. The summed E-state index contributed by atoms with van der Waals surface area (Å²) >= 11 is 0. The number of allylic oxidation sites excluding steroid dienone is 2. The molecule has 0 fully saturated rings. The van der Waals surface area contributed by atoms with Crippen LogP contribution in [0.2, 0.25) is 0 Å². The standard InChI is InChI=1S/C17H14N2O2/c20-15-11-14(17(21)13-7-4-9-19-16(13)15)18-10-8-12-5-2-1-3-6-12/h1-7,9,11,18H,8,10H2. The Labute approximate surface area is 122 Å². The van der Waals surface area contributed by atoms with Gasteiger partial charge in [0.1, 0.15) is 5.69 Å². The van der Waals surface area contributed by atoms with Crippen molar-refractivity contribution >= 4 is 11.6 Å². The minimum atomic E-state index is -0.229. The van der Waals surface area contributed by atoms with E-state index in [1.165, 1.54) is 17.8 Å². The van der Waals surface area contributed by atoms with Crippen LogP contribution < -0.4 is 5.32 Å². The number of pyridine rings is 1. The monoisotopic (exact) mass is 278 g/mol. The quantitative estimate of drug-likeness (QED) is 0.931. The topological polar surface area (TPSA) is 59.1 Å². The number of hydrogen-bond donors (Lipinski definition) is 1. The molecule has 1 heterocycles. The van der Waals surface area contributed by atoms with E-state index in [4.69, 9.17) is 0 Å². The Balaban J connectivity index is 1.70. The number of aromatic nitrogens is 1. The molecule has 2 aromatic rings. The van der Waals surface area contributed by atoms with Crippen LogP contribution in [-0.4, -0.2) is 23.1 Å². The van der Waals surface area contributed by atoms with Crippen molar-refractivity contribution in [3.8, 4) is 0 Å². The molecule has 0 radical (unpaired) electrons. The lowest BCUT2D eigenvalue weighted by Crippen LogP contribution is -2.28. The summed E-state index contributed by atoms with van der Waals surface area (Å²) in [6.07, 6.45) is 3.65. The van der Waals surface area contributed by atoms with E-state index in [2.05, 4.69) is 10.3 Å². The first-order valence-electron chi connectivity index (χ1n) is 6.79. The lowest BCUT2D eigenvalue weighted by atomic mass is 9.97. The van der Waals surface area contributed by atoms with Gasteiger partial charge in [0.15, 0.2) is 0 Å². The van der Waals surface area contributed by atoms with Crippen molar-refractivity contribution in [2.24, 2.45) is 0 Å². The molecule has 21 heavy (non-hydrogen) atoms. The number of nitrogens with zero attached hydrogens (tertiary/aromatic N) is 1. The molecule has 0 atom stereocenters. The second kappa shape index (κ2) is 5.71. The van der Waals surface area contributed by atoms with Gasteiger partial charge in [-0.25, -0.2) is 0 Å². The maximum absolute atomic E-state index is 12.3. The largest absolute Gasteiger partial charge is 0.381 e. The molecule has 4 nitrogen and oxygen atoms in total. The highest BCUT2D eigenvalue weighted by atomic mass is 16.1. The number of hydrogen-bond acceptors (Lipinski definition) is 4. The van der Waals surface area contributed by atoms with Gasteiger partial charge in [0.05, 0.1) is 11.3 Å². The zero-order chi connectivity index (χ0) is 14.7. The van der Waals surface area contributed by atoms with Crippen LogP contribution in [0.3, 0.4) is 0 Å². The fraction of sp³-hybridized carbons (Fsp3) is 0.118. The van der Waals surface area contributed by atoms with E-state index < -0.39 is 0 Å². The van der Waals surface area contributed by atoms with Gasteiger partial charge in [0.2, 0.25) is 11.6 Å². The highest BCUT2D eigenvalue weighted by Gasteiger charge is 2.25. The van der Waals surface area contributed by atoms with Gasteiger partial charge < -0.3 is 5.32 Å². The Morgan fingerprint density at radius 1 is 1.00 bits per heavy atom. The molecule has 0 saturated carbocycles. The molecule has 4 heteroatoms. The molecular formula is C17H14N2O2. The molecule has 1 aromatic heterocycles. The molecule has 1 aliphatic rings. The molecule has 0 spiro atoms. The van der Waals surface area contributed by atoms with Crippen LogP contribution in [0, 0.1) is 0 Å². The Hall–Kier alpha value is -2.75. The summed E-state index contributed by atoms with van der Waals surface area (Å²) in [5, 5.41) is 3.05. The first kappa shape index (κ1) is 13.2. The molecule has 0 unspecified atom stereocenters. The van der Waals surface area contributed by atoms with Crippen molar-refractivity contribution < 1.29 is 9.59 Å². The summed E-state index contributed by atoms with van der Waals surface area (Å²) in [4.78, 5) is 28.2. The maximum Gasteiger partial charge on any atom is 0.211 e.